The van der Waals surface area contributed by atoms with Gasteiger partial charge < -0.3 is 14.7 Å². The number of ether oxygens (including phenoxy) is 1. The fraction of sp³-hybridized carbons (Fsp3) is 1.00. The molecule has 0 amide bonds. The maximum atomic E-state index is 11.9. The molecule has 0 bridgehead atoms. The average molecular weight is 289 g/mol. The molecule has 6 nitrogen and oxygen atoms in total. The second-order valence-corrected chi connectivity index (χ2v) is 5.72. The Kier molecular flexibility index (Phi) is 10.5. The summed E-state index contributed by atoms with van der Waals surface area (Å²) in [6.45, 7) is 3.76. The van der Waals surface area contributed by atoms with Crippen molar-refractivity contribution in [3.8, 4) is 0 Å². The van der Waals surface area contributed by atoms with Crippen LogP contribution in [-0.4, -0.2) is 60.0 Å². The highest BCUT2D eigenvalue weighted by atomic mass is 35.5. The third-order valence-electron chi connectivity index (χ3n) is 2.08. The zero-order chi connectivity index (χ0) is 13.1. The number of rotatable bonds is 11. The van der Waals surface area contributed by atoms with Gasteiger partial charge in [0.25, 0.3) is 0 Å². The summed E-state index contributed by atoms with van der Waals surface area (Å²) in [5, 5.41) is 11.1. The van der Waals surface area contributed by atoms with Gasteiger partial charge >= 0.3 is 7.67 Å². The van der Waals surface area contributed by atoms with Crippen LogP contribution in [0.3, 0.4) is 0 Å². The Labute approximate surface area is 107 Å². The van der Waals surface area contributed by atoms with Gasteiger partial charge in [-0.05, 0) is 13.3 Å². The highest BCUT2D eigenvalue weighted by Gasteiger charge is 2.26. The van der Waals surface area contributed by atoms with Gasteiger partial charge in [-0.3, -0.25) is 4.57 Å². The van der Waals surface area contributed by atoms with E-state index in [2.05, 4.69) is 5.09 Å². The minimum atomic E-state index is -3.58. The number of hydrogen-bond donors (Lipinski definition) is 3. The minimum Gasteiger partial charge on any atom is -0.396 e. The monoisotopic (exact) mass is 288 g/mol. The van der Waals surface area contributed by atoms with Crippen molar-refractivity contribution < 1.29 is 19.3 Å². The molecular formula is C9H22ClN2O4P. The summed E-state index contributed by atoms with van der Waals surface area (Å²) < 4.78 is 18.5. The summed E-state index contributed by atoms with van der Waals surface area (Å²) in [7, 11) is -3.58. The summed E-state index contributed by atoms with van der Waals surface area (Å²) in [5.74, 6) is 0.276. The largest absolute Gasteiger partial charge is 0.396 e. The molecule has 0 saturated carbocycles. The number of nitrogens with one attached hydrogen (secondary N) is 1. The van der Waals surface area contributed by atoms with Gasteiger partial charge in [0.1, 0.15) is 0 Å². The van der Waals surface area contributed by atoms with Gasteiger partial charge in [-0.15, -0.1) is 11.6 Å². The van der Waals surface area contributed by atoms with Crippen LogP contribution < -0.4 is 5.09 Å². The summed E-state index contributed by atoms with van der Waals surface area (Å²) in [5.41, 5.74) is 0. The van der Waals surface area contributed by atoms with Crippen molar-refractivity contribution in [2.45, 2.75) is 13.3 Å². The lowest BCUT2D eigenvalue weighted by molar-refractivity contribution is 0.132. The van der Waals surface area contributed by atoms with Crippen LogP contribution in [-0.2, 0) is 9.30 Å². The average Bonchev–Trinajstić information content (AvgIpc) is 2.28. The van der Waals surface area contributed by atoms with Gasteiger partial charge in [-0.25, -0.2) is 9.76 Å². The van der Waals surface area contributed by atoms with Gasteiger partial charge in [-0.1, -0.05) is 0 Å². The zero-order valence-electron chi connectivity index (χ0n) is 10.1. The van der Waals surface area contributed by atoms with Crippen molar-refractivity contribution in [1.82, 2.24) is 9.76 Å². The standard InChI is InChI=1S/C9H22ClN2O4P/c1-2-16-9-7-12(6-4-10)17(14,15)11-5-3-8-13/h13H,2-9H2,1H3,(H2,11,14,15). The fourth-order valence-electron chi connectivity index (χ4n) is 1.20. The maximum Gasteiger partial charge on any atom is 0.340 e. The number of aliphatic hydroxyl groups is 1. The summed E-state index contributed by atoms with van der Waals surface area (Å²) in [6, 6.07) is 0. The molecule has 0 aliphatic heterocycles. The molecule has 3 N–H and O–H groups in total. The zero-order valence-corrected chi connectivity index (χ0v) is 11.8. The molecular weight excluding hydrogens is 267 g/mol. The lowest BCUT2D eigenvalue weighted by Gasteiger charge is -2.26. The molecule has 0 saturated heterocycles. The van der Waals surface area contributed by atoms with Crippen LogP contribution in [0.1, 0.15) is 13.3 Å². The first kappa shape index (κ1) is 17.3. The molecule has 0 aliphatic rings. The third-order valence-corrected chi connectivity index (χ3v) is 4.05. The molecule has 8 heteroatoms. The minimum absolute atomic E-state index is 0.0124. The SMILES string of the molecule is CCOCCN(CCCl)P(=O)(O)NCCCO. The molecule has 1 atom stereocenters. The Morgan fingerprint density at radius 3 is 2.71 bits per heavy atom. The number of alkyl halides is 1. The van der Waals surface area contributed by atoms with Gasteiger partial charge in [0.2, 0.25) is 0 Å². The van der Waals surface area contributed by atoms with Crippen molar-refractivity contribution in [2.24, 2.45) is 0 Å². The second-order valence-electron chi connectivity index (χ2n) is 3.37. The topological polar surface area (TPSA) is 82.0 Å². The van der Waals surface area contributed by atoms with E-state index in [1.54, 1.807) is 0 Å². The predicted molar refractivity (Wildman–Crippen MR) is 68.3 cm³/mol. The second kappa shape index (κ2) is 10.3. The Balaban J connectivity index is 4.18. The molecule has 17 heavy (non-hydrogen) atoms. The molecule has 0 heterocycles. The van der Waals surface area contributed by atoms with Gasteiger partial charge in [0, 0.05) is 38.7 Å². The molecule has 0 fully saturated rings. The van der Waals surface area contributed by atoms with Crippen molar-refractivity contribution >= 4 is 19.3 Å². The van der Waals surface area contributed by atoms with Crippen LogP contribution in [0.5, 0.6) is 0 Å². The molecule has 1 unspecified atom stereocenters. The van der Waals surface area contributed by atoms with E-state index in [-0.39, 0.29) is 19.0 Å². The smallest absolute Gasteiger partial charge is 0.340 e. The summed E-state index contributed by atoms with van der Waals surface area (Å²) in [4.78, 5) is 9.81. The van der Waals surface area contributed by atoms with Gasteiger partial charge in [0.15, 0.2) is 0 Å². The number of nitrogens with zero attached hydrogens (tertiary/aromatic N) is 1. The first-order valence-corrected chi connectivity index (χ1v) is 7.81. The molecule has 0 aliphatic carbocycles. The van der Waals surface area contributed by atoms with Crippen LogP contribution in [0.2, 0.25) is 0 Å². The van der Waals surface area contributed by atoms with Crippen LogP contribution >= 0.6 is 19.3 Å². The van der Waals surface area contributed by atoms with Gasteiger partial charge in [0.05, 0.1) is 6.61 Å². The Hall–Kier alpha value is 0.320. The number of aliphatic hydroxyl groups excluding tert-OH is 1. The quantitative estimate of drug-likeness (QED) is 0.294. The number of hydrogen-bond acceptors (Lipinski definition) is 3. The Morgan fingerprint density at radius 2 is 2.18 bits per heavy atom. The lowest BCUT2D eigenvalue weighted by Crippen LogP contribution is -2.33. The first-order valence-electron chi connectivity index (χ1n) is 5.66. The van der Waals surface area contributed by atoms with Crippen molar-refractivity contribution in [3.63, 3.8) is 0 Å². The van der Waals surface area contributed by atoms with Crippen LogP contribution in [0.15, 0.2) is 0 Å². The van der Waals surface area contributed by atoms with Crippen LogP contribution in [0.25, 0.3) is 0 Å². The molecule has 0 aromatic rings. The van der Waals surface area contributed by atoms with E-state index in [1.807, 2.05) is 6.92 Å². The Morgan fingerprint density at radius 1 is 1.47 bits per heavy atom. The highest BCUT2D eigenvalue weighted by Crippen LogP contribution is 2.39. The van der Waals surface area contributed by atoms with Crippen molar-refractivity contribution in [2.75, 3.05) is 45.3 Å². The first-order chi connectivity index (χ1) is 8.08. The highest BCUT2D eigenvalue weighted by molar-refractivity contribution is 7.53. The van der Waals surface area contributed by atoms with Crippen molar-refractivity contribution in [1.29, 1.82) is 0 Å². The van der Waals surface area contributed by atoms with Gasteiger partial charge in [-0.2, -0.15) is 0 Å². The molecule has 0 rings (SSSR count). The normalized spacial score (nSPS) is 15.1. The summed E-state index contributed by atoms with van der Waals surface area (Å²) >= 11 is 5.59. The van der Waals surface area contributed by atoms with E-state index in [1.165, 1.54) is 4.67 Å². The molecule has 104 valence electrons. The van der Waals surface area contributed by atoms with E-state index in [0.29, 0.717) is 32.7 Å². The summed E-state index contributed by atoms with van der Waals surface area (Å²) in [6.07, 6.45) is 0.435. The van der Waals surface area contributed by atoms with E-state index >= 15 is 0 Å². The molecule has 0 aromatic heterocycles. The lowest BCUT2D eigenvalue weighted by atomic mass is 10.5. The molecule has 0 aromatic carbocycles. The van der Waals surface area contributed by atoms with E-state index in [9.17, 15) is 9.46 Å². The molecule has 0 radical (unpaired) electrons. The van der Waals surface area contributed by atoms with Crippen molar-refractivity contribution in [3.05, 3.63) is 0 Å². The maximum absolute atomic E-state index is 11.9. The number of halogens is 1. The van der Waals surface area contributed by atoms with Crippen LogP contribution in [0, 0.1) is 0 Å². The van der Waals surface area contributed by atoms with E-state index in [0.717, 1.165) is 0 Å². The van der Waals surface area contributed by atoms with E-state index in [4.69, 9.17) is 21.4 Å². The fourth-order valence-corrected chi connectivity index (χ4v) is 2.89. The Bertz CT molecular complexity index is 233. The predicted octanol–water partition coefficient (Wildman–Crippen LogP) is 0.636. The van der Waals surface area contributed by atoms with Crippen LogP contribution in [0.4, 0.5) is 0 Å². The molecule has 0 spiro atoms. The van der Waals surface area contributed by atoms with E-state index < -0.39 is 7.67 Å². The third kappa shape index (κ3) is 8.11.